The lowest BCUT2D eigenvalue weighted by Gasteiger charge is -2.22. The standard InChI is InChI=1S/C46H30N4/c1-2-14-34(15-3-1)49-40-20-10-8-18-37(40)42-35-16-6-7-17-36(35)43-38-19-9-11-21-41(38)50(45(43)44(42)49)46-47-28-33-27-32(24-25-39(33)48-46)31-23-22-29-12-4-5-13-30(29)26-31/h1-28,46-47H. The number of hydrogen-bond acceptors (Lipinski definition) is 2. The van der Waals surface area contributed by atoms with E-state index in [4.69, 9.17) is 4.99 Å². The van der Waals surface area contributed by atoms with Crippen LogP contribution in [0.1, 0.15) is 6.29 Å². The Kier molecular flexibility index (Phi) is 5.69. The number of nitrogens with zero attached hydrogens (tertiary/aromatic N) is 3. The van der Waals surface area contributed by atoms with Crippen molar-refractivity contribution < 1.29 is 0 Å². The fourth-order valence-electron chi connectivity index (χ4n) is 8.33. The van der Waals surface area contributed by atoms with Gasteiger partial charge in [0.25, 0.3) is 0 Å². The fraction of sp³-hybridized carbons (Fsp3) is 0.0217. The first-order chi connectivity index (χ1) is 24.8. The topological polar surface area (TPSA) is 34.2 Å². The first kappa shape index (κ1) is 27.3. The van der Waals surface area contributed by atoms with Gasteiger partial charge in [0.05, 0.1) is 27.4 Å². The van der Waals surface area contributed by atoms with Gasteiger partial charge in [0.2, 0.25) is 6.29 Å². The van der Waals surface area contributed by atoms with Gasteiger partial charge in [-0.15, -0.1) is 0 Å². The van der Waals surface area contributed by atoms with E-state index in [2.05, 4.69) is 184 Å². The quantitative estimate of drug-likeness (QED) is 0.205. The van der Waals surface area contributed by atoms with Gasteiger partial charge in [0.15, 0.2) is 0 Å². The van der Waals surface area contributed by atoms with Gasteiger partial charge in [0.1, 0.15) is 0 Å². The highest BCUT2D eigenvalue weighted by atomic mass is 15.3. The van der Waals surface area contributed by atoms with Crippen LogP contribution < -0.4 is 15.9 Å². The van der Waals surface area contributed by atoms with Crippen LogP contribution in [0.5, 0.6) is 0 Å². The van der Waals surface area contributed by atoms with Crippen molar-refractivity contribution in [2.75, 3.05) is 0 Å². The number of rotatable bonds is 3. The van der Waals surface area contributed by atoms with Crippen LogP contribution in [-0.2, 0) is 0 Å². The lowest BCUT2D eigenvalue weighted by molar-refractivity contribution is 0.498. The molecule has 1 aliphatic heterocycles. The largest absolute Gasteiger partial charge is 0.352 e. The van der Waals surface area contributed by atoms with Crippen LogP contribution in [-0.4, -0.2) is 9.13 Å². The zero-order valence-electron chi connectivity index (χ0n) is 27.1. The van der Waals surface area contributed by atoms with Gasteiger partial charge in [-0.1, -0.05) is 121 Å². The molecular formula is C46H30N4. The predicted octanol–water partition coefficient (Wildman–Crippen LogP) is 9.98. The van der Waals surface area contributed by atoms with Crippen molar-refractivity contribution in [2.24, 2.45) is 4.99 Å². The molecule has 0 amide bonds. The molecule has 4 heteroatoms. The Hall–Kier alpha value is -6.65. The van der Waals surface area contributed by atoms with Crippen molar-refractivity contribution in [2.45, 2.75) is 6.29 Å². The summed E-state index contributed by atoms with van der Waals surface area (Å²) in [6.07, 6.45) is 1.80. The molecule has 0 bridgehead atoms. The van der Waals surface area contributed by atoms with Gasteiger partial charge in [-0.2, -0.15) is 0 Å². The minimum absolute atomic E-state index is 0.344. The lowest BCUT2D eigenvalue weighted by Crippen LogP contribution is -2.37. The third kappa shape index (κ3) is 3.84. The monoisotopic (exact) mass is 638 g/mol. The molecule has 11 rings (SSSR count). The van der Waals surface area contributed by atoms with Crippen LogP contribution in [0.25, 0.3) is 88.2 Å². The molecule has 3 heterocycles. The lowest BCUT2D eigenvalue weighted by atomic mass is 9.98. The van der Waals surface area contributed by atoms with E-state index in [9.17, 15) is 0 Å². The summed E-state index contributed by atoms with van der Waals surface area (Å²) in [6, 6.07) is 59.1. The van der Waals surface area contributed by atoms with Crippen LogP contribution in [0, 0.1) is 0 Å². The molecule has 0 aliphatic carbocycles. The first-order valence-electron chi connectivity index (χ1n) is 17.2. The Bertz CT molecular complexity index is 3130. The predicted molar refractivity (Wildman–Crippen MR) is 208 cm³/mol. The van der Waals surface area contributed by atoms with E-state index in [1.165, 1.54) is 70.8 Å². The number of nitrogens with one attached hydrogen (secondary N) is 1. The van der Waals surface area contributed by atoms with Crippen LogP contribution in [0.4, 0.5) is 0 Å². The normalized spacial score (nSPS) is 14.3. The number of fused-ring (bicyclic) bond motifs is 12. The maximum absolute atomic E-state index is 5.43. The van der Waals surface area contributed by atoms with Gasteiger partial charge >= 0.3 is 0 Å². The Morgan fingerprint density at radius 1 is 0.480 bits per heavy atom. The molecule has 0 saturated carbocycles. The first-order valence-corrected chi connectivity index (χ1v) is 17.2. The zero-order chi connectivity index (χ0) is 32.8. The number of hydrogen-bond donors (Lipinski definition) is 1. The second kappa shape index (κ2) is 10.4. The minimum Gasteiger partial charge on any atom is -0.352 e. The van der Waals surface area contributed by atoms with E-state index in [1.54, 1.807) is 0 Å². The van der Waals surface area contributed by atoms with Crippen LogP contribution in [0.2, 0.25) is 0 Å². The molecule has 50 heavy (non-hydrogen) atoms. The van der Waals surface area contributed by atoms with Gasteiger partial charge in [0, 0.05) is 38.7 Å². The highest BCUT2D eigenvalue weighted by Gasteiger charge is 2.26. The van der Waals surface area contributed by atoms with Crippen molar-refractivity contribution in [3.8, 4) is 16.8 Å². The summed E-state index contributed by atoms with van der Waals surface area (Å²) in [5, 5.41) is 15.8. The Morgan fingerprint density at radius 3 is 1.88 bits per heavy atom. The van der Waals surface area contributed by atoms with Crippen molar-refractivity contribution in [1.29, 1.82) is 0 Å². The molecule has 0 fully saturated rings. The molecule has 1 unspecified atom stereocenters. The van der Waals surface area contributed by atoms with E-state index in [1.807, 2.05) is 0 Å². The summed E-state index contributed by atoms with van der Waals surface area (Å²) in [4.78, 5) is 5.43. The van der Waals surface area contributed by atoms with Gasteiger partial charge in [-0.3, -0.25) is 4.57 Å². The Balaban J connectivity index is 1.22. The van der Waals surface area contributed by atoms with E-state index < -0.39 is 0 Å². The number of aromatic nitrogens is 2. The Labute approximate surface area is 287 Å². The van der Waals surface area contributed by atoms with Crippen LogP contribution >= 0.6 is 0 Å². The fourth-order valence-corrected chi connectivity index (χ4v) is 8.33. The van der Waals surface area contributed by atoms with Crippen molar-refractivity contribution in [3.63, 3.8) is 0 Å². The summed E-state index contributed by atoms with van der Waals surface area (Å²) in [6.45, 7) is 0. The number of para-hydroxylation sites is 3. The number of benzene rings is 8. The van der Waals surface area contributed by atoms with E-state index >= 15 is 0 Å². The SMILES string of the molecule is C1=c2cc(-c3ccc4ccccc4c3)ccc2=NC(n2c3ccccc3c3c4ccccc4c4c5ccccc5n(-c5ccccc5)c4c32)N1. The average Bonchev–Trinajstić information content (AvgIpc) is 3.72. The molecule has 8 aromatic carbocycles. The summed E-state index contributed by atoms with van der Waals surface area (Å²) >= 11 is 0. The average molecular weight is 639 g/mol. The maximum Gasteiger partial charge on any atom is 0.201 e. The summed E-state index contributed by atoms with van der Waals surface area (Å²) in [5.41, 5.74) is 8.22. The summed E-state index contributed by atoms with van der Waals surface area (Å²) in [7, 11) is 0. The van der Waals surface area contributed by atoms with Crippen molar-refractivity contribution in [3.05, 3.63) is 174 Å². The molecule has 4 nitrogen and oxygen atoms in total. The van der Waals surface area contributed by atoms with E-state index in [-0.39, 0.29) is 6.29 Å². The third-order valence-corrected chi connectivity index (χ3v) is 10.5. The van der Waals surface area contributed by atoms with Gasteiger partial charge in [-0.25, -0.2) is 4.99 Å². The second-order valence-corrected chi connectivity index (χ2v) is 13.2. The van der Waals surface area contributed by atoms with Gasteiger partial charge < -0.3 is 9.88 Å². The van der Waals surface area contributed by atoms with E-state index in [0.717, 1.165) is 21.8 Å². The van der Waals surface area contributed by atoms with Gasteiger partial charge in [-0.05, 0) is 75.1 Å². The summed E-state index contributed by atoms with van der Waals surface area (Å²) < 4.78 is 4.87. The molecule has 1 atom stereocenters. The minimum atomic E-state index is -0.344. The highest BCUT2D eigenvalue weighted by Crippen LogP contribution is 2.46. The maximum atomic E-state index is 5.43. The second-order valence-electron chi connectivity index (χ2n) is 13.2. The van der Waals surface area contributed by atoms with Crippen molar-refractivity contribution >= 4 is 71.4 Å². The molecule has 10 aromatic rings. The molecule has 234 valence electrons. The summed E-state index contributed by atoms with van der Waals surface area (Å²) in [5.74, 6) is 0. The molecule has 2 aromatic heterocycles. The molecule has 0 radical (unpaired) electrons. The van der Waals surface area contributed by atoms with Crippen LogP contribution in [0.15, 0.2) is 169 Å². The molecule has 1 N–H and O–H groups in total. The van der Waals surface area contributed by atoms with Crippen LogP contribution in [0.3, 0.4) is 0 Å². The molecule has 0 spiro atoms. The highest BCUT2D eigenvalue weighted by molar-refractivity contribution is 6.36. The molecular weight excluding hydrogens is 609 g/mol. The van der Waals surface area contributed by atoms with E-state index in [0.29, 0.717) is 0 Å². The zero-order valence-corrected chi connectivity index (χ0v) is 27.1. The Morgan fingerprint density at radius 2 is 1.08 bits per heavy atom. The smallest absolute Gasteiger partial charge is 0.201 e. The van der Waals surface area contributed by atoms with Crippen molar-refractivity contribution in [1.82, 2.24) is 14.5 Å². The molecule has 0 saturated heterocycles. The molecule has 1 aliphatic rings. The third-order valence-electron chi connectivity index (χ3n) is 10.5.